The van der Waals surface area contributed by atoms with Gasteiger partial charge in [0.15, 0.2) is 5.82 Å². The Morgan fingerprint density at radius 3 is 2.34 bits per heavy atom. The van der Waals surface area contributed by atoms with Crippen molar-refractivity contribution in [3.63, 3.8) is 0 Å². The first-order chi connectivity index (χ1) is 14.2. The lowest BCUT2D eigenvalue weighted by Gasteiger charge is -2.29. The van der Waals surface area contributed by atoms with Gasteiger partial charge < -0.3 is 9.47 Å². The molecule has 1 aromatic heterocycles. The van der Waals surface area contributed by atoms with Gasteiger partial charge in [-0.05, 0) is 64.1 Å². The summed E-state index contributed by atoms with van der Waals surface area (Å²) >= 11 is 0. The fraction of sp³-hybridized carbons (Fsp3) is 0.364. The van der Waals surface area contributed by atoms with Crippen LogP contribution in [0, 0.1) is 17.2 Å². The Bertz CT molecular complexity index is 991. The maximum absolute atomic E-state index is 9.24. The summed E-state index contributed by atoms with van der Waals surface area (Å²) in [5.41, 5.74) is 2.33. The summed E-state index contributed by atoms with van der Waals surface area (Å²) in [6.07, 6.45) is 2.04. The molecule has 2 aromatic carbocycles. The zero-order chi connectivity index (χ0) is 20.2. The number of benzene rings is 2. The van der Waals surface area contributed by atoms with Crippen molar-refractivity contribution in [1.29, 1.82) is 5.26 Å². The van der Waals surface area contributed by atoms with E-state index in [0.29, 0.717) is 6.42 Å². The largest absolute Gasteiger partial charge is 0.497 e. The van der Waals surface area contributed by atoms with E-state index in [4.69, 9.17) is 9.47 Å². The van der Waals surface area contributed by atoms with Crippen LogP contribution in [0.1, 0.15) is 41.8 Å². The van der Waals surface area contributed by atoms with Gasteiger partial charge in [0.2, 0.25) is 0 Å². The number of fused-ring (bicyclic) bond motifs is 1. The summed E-state index contributed by atoms with van der Waals surface area (Å²) in [5, 5.41) is 21.6. The van der Waals surface area contributed by atoms with Gasteiger partial charge in [-0.25, -0.2) is 4.68 Å². The van der Waals surface area contributed by atoms with Crippen molar-refractivity contribution in [1.82, 2.24) is 20.2 Å². The number of tetrazole rings is 1. The molecule has 148 valence electrons. The van der Waals surface area contributed by atoms with Crippen molar-refractivity contribution in [2.24, 2.45) is 5.92 Å². The number of ether oxygens (including phenoxy) is 2. The predicted octanol–water partition coefficient (Wildman–Crippen LogP) is 3.54. The van der Waals surface area contributed by atoms with Crippen molar-refractivity contribution < 1.29 is 9.47 Å². The maximum atomic E-state index is 9.24. The number of rotatable bonds is 7. The highest BCUT2D eigenvalue weighted by Gasteiger charge is 2.41. The van der Waals surface area contributed by atoms with E-state index in [9.17, 15) is 5.26 Å². The topological polar surface area (TPSA) is 85.9 Å². The Morgan fingerprint density at radius 2 is 1.72 bits per heavy atom. The molecule has 29 heavy (non-hydrogen) atoms. The molecule has 3 unspecified atom stereocenters. The lowest BCUT2D eigenvalue weighted by molar-refractivity contribution is 0.330. The van der Waals surface area contributed by atoms with Gasteiger partial charge in [-0.15, -0.1) is 5.10 Å². The Hall–Kier alpha value is -3.40. The van der Waals surface area contributed by atoms with Gasteiger partial charge in [0.05, 0.1) is 26.3 Å². The number of hydrogen-bond donors (Lipinski definition) is 0. The van der Waals surface area contributed by atoms with E-state index in [2.05, 4.69) is 45.9 Å². The summed E-state index contributed by atoms with van der Waals surface area (Å²) in [6.45, 7) is 0. The third kappa shape index (κ3) is 3.66. The van der Waals surface area contributed by atoms with Gasteiger partial charge in [0, 0.05) is 12.8 Å². The van der Waals surface area contributed by atoms with Crippen molar-refractivity contribution in [2.45, 2.75) is 31.2 Å². The molecule has 0 amide bonds. The molecule has 0 bridgehead atoms. The van der Waals surface area contributed by atoms with E-state index in [1.165, 1.54) is 5.56 Å². The quantitative estimate of drug-likeness (QED) is 0.614. The van der Waals surface area contributed by atoms with E-state index >= 15 is 0 Å². The average Bonchev–Trinajstić information content (AvgIpc) is 3.36. The van der Waals surface area contributed by atoms with Crippen LogP contribution >= 0.6 is 0 Å². The zero-order valence-corrected chi connectivity index (χ0v) is 16.5. The normalized spacial score (nSPS) is 18.7. The summed E-state index contributed by atoms with van der Waals surface area (Å²) in [7, 11) is 3.32. The van der Waals surface area contributed by atoms with Gasteiger partial charge in [-0.3, -0.25) is 0 Å². The molecule has 0 spiro atoms. The number of nitrogens with zero attached hydrogens (tertiary/aromatic N) is 5. The SMILES string of the molecule is COc1ccc(C(CCC#N)C2Cc3nnnn3C2c2ccc(OC)cc2)cc1. The number of aromatic nitrogens is 4. The monoisotopic (exact) mass is 389 g/mol. The molecule has 0 saturated heterocycles. The summed E-state index contributed by atoms with van der Waals surface area (Å²) < 4.78 is 12.5. The Balaban J connectivity index is 1.73. The lowest BCUT2D eigenvalue weighted by Crippen LogP contribution is -2.22. The summed E-state index contributed by atoms with van der Waals surface area (Å²) in [5.74, 6) is 2.94. The molecule has 0 saturated carbocycles. The van der Waals surface area contributed by atoms with Gasteiger partial charge in [0.1, 0.15) is 11.5 Å². The second-order valence-electron chi connectivity index (χ2n) is 7.20. The second-order valence-corrected chi connectivity index (χ2v) is 7.20. The number of hydrogen-bond acceptors (Lipinski definition) is 6. The molecular formula is C22H23N5O2. The molecule has 7 nitrogen and oxygen atoms in total. The fourth-order valence-electron chi connectivity index (χ4n) is 4.32. The minimum absolute atomic E-state index is 0.0108. The van der Waals surface area contributed by atoms with Gasteiger partial charge >= 0.3 is 0 Å². The Morgan fingerprint density at radius 1 is 1.07 bits per heavy atom. The van der Waals surface area contributed by atoms with Crippen LogP contribution in [0.5, 0.6) is 11.5 Å². The molecular weight excluding hydrogens is 366 g/mol. The van der Waals surface area contributed by atoms with E-state index in [0.717, 1.165) is 35.7 Å². The fourth-order valence-corrected chi connectivity index (χ4v) is 4.32. The summed E-state index contributed by atoms with van der Waals surface area (Å²) in [4.78, 5) is 0. The third-order valence-electron chi connectivity index (χ3n) is 5.73. The van der Waals surface area contributed by atoms with Crippen LogP contribution in [-0.4, -0.2) is 34.4 Å². The molecule has 0 radical (unpaired) electrons. The standard InChI is InChI=1S/C22H23N5O2/c1-28-17-9-5-15(6-10-17)19(4-3-13-23)20-14-21-24-25-26-27(21)22(20)16-7-11-18(29-2)12-8-16/h5-12,19-20,22H,3-4,14H2,1-2H3. The van der Waals surface area contributed by atoms with E-state index < -0.39 is 0 Å². The minimum atomic E-state index is 0.0108. The minimum Gasteiger partial charge on any atom is -0.497 e. The van der Waals surface area contributed by atoms with Gasteiger partial charge in [-0.1, -0.05) is 24.3 Å². The van der Waals surface area contributed by atoms with Crippen molar-refractivity contribution in [3.05, 3.63) is 65.5 Å². The molecule has 3 atom stereocenters. The molecule has 7 heteroatoms. The van der Waals surface area contributed by atoms with E-state index in [1.54, 1.807) is 14.2 Å². The van der Waals surface area contributed by atoms with E-state index in [-0.39, 0.29) is 17.9 Å². The maximum Gasteiger partial charge on any atom is 0.152 e. The second kappa shape index (κ2) is 8.31. The highest BCUT2D eigenvalue weighted by molar-refractivity contribution is 5.34. The van der Waals surface area contributed by atoms with Crippen LogP contribution in [-0.2, 0) is 6.42 Å². The number of nitriles is 1. The van der Waals surface area contributed by atoms with Crippen LogP contribution in [0.2, 0.25) is 0 Å². The van der Waals surface area contributed by atoms with Crippen LogP contribution in [0.4, 0.5) is 0 Å². The van der Waals surface area contributed by atoms with Gasteiger partial charge in [-0.2, -0.15) is 5.26 Å². The van der Waals surface area contributed by atoms with Crippen LogP contribution < -0.4 is 9.47 Å². The lowest BCUT2D eigenvalue weighted by atomic mass is 9.76. The summed E-state index contributed by atoms with van der Waals surface area (Å²) in [6, 6.07) is 18.5. The third-order valence-corrected chi connectivity index (χ3v) is 5.73. The first kappa shape index (κ1) is 18.9. The van der Waals surface area contributed by atoms with Crippen molar-refractivity contribution >= 4 is 0 Å². The predicted molar refractivity (Wildman–Crippen MR) is 107 cm³/mol. The molecule has 3 aromatic rings. The smallest absolute Gasteiger partial charge is 0.152 e. The van der Waals surface area contributed by atoms with Crippen LogP contribution in [0.15, 0.2) is 48.5 Å². The molecule has 4 rings (SSSR count). The Labute approximate surface area is 169 Å². The first-order valence-corrected chi connectivity index (χ1v) is 9.66. The zero-order valence-electron chi connectivity index (χ0n) is 16.5. The molecule has 1 aliphatic heterocycles. The molecule has 0 aliphatic carbocycles. The molecule has 0 fully saturated rings. The van der Waals surface area contributed by atoms with E-state index in [1.807, 2.05) is 28.9 Å². The highest BCUT2D eigenvalue weighted by Crippen LogP contribution is 2.45. The van der Waals surface area contributed by atoms with Crippen molar-refractivity contribution in [3.8, 4) is 17.6 Å². The average molecular weight is 389 g/mol. The number of methoxy groups -OCH3 is 2. The highest BCUT2D eigenvalue weighted by atomic mass is 16.5. The molecule has 0 N–H and O–H groups in total. The van der Waals surface area contributed by atoms with Crippen molar-refractivity contribution in [2.75, 3.05) is 14.2 Å². The van der Waals surface area contributed by atoms with Gasteiger partial charge in [0.25, 0.3) is 0 Å². The Kier molecular flexibility index (Phi) is 5.43. The molecule has 1 aliphatic rings. The molecule has 2 heterocycles. The van der Waals surface area contributed by atoms with Crippen LogP contribution in [0.25, 0.3) is 0 Å². The van der Waals surface area contributed by atoms with Crippen LogP contribution in [0.3, 0.4) is 0 Å². The first-order valence-electron chi connectivity index (χ1n) is 9.66.